The predicted octanol–water partition coefficient (Wildman–Crippen LogP) is 5.53. The lowest BCUT2D eigenvalue weighted by molar-refractivity contribution is 0.209. The van der Waals surface area contributed by atoms with Gasteiger partial charge in [0.15, 0.2) is 0 Å². The third kappa shape index (κ3) is 4.29. The van der Waals surface area contributed by atoms with Crippen molar-refractivity contribution in [2.24, 2.45) is 0 Å². The van der Waals surface area contributed by atoms with E-state index >= 15 is 0 Å². The number of pyridine rings is 1. The van der Waals surface area contributed by atoms with Crippen LogP contribution in [0.4, 0.5) is 10.1 Å². The molecule has 0 spiro atoms. The molecule has 0 unspecified atom stereocenters. The highest BCUT2D eigenvalue weighted by Crippen LogP contribution is 2.28. The van der Waals surface area contributed by atoms with Gasteiger partial charge in [0, 0.05) is 49.0 Å². The van der Waals surface area contributed by atoms with Crippen molar-refractivity contribution in [1.29, 1.82) is 0 Å². The molecule has 0 atom stereocenters. The van der Waals surface area contributed by atoms with Crippen LogP contribution in [0.5, 0.6) is 0 Å². The molecule has 0 saturated carbocycles. The van der Waals surface area contributed by atoms with Gasteiger partial charge in [0.25, 0.3) is 5.56 Å². The van der Waals surface area contributed by atoms with Crippen molar-refractivity contribution in [3.05, 3.63) is 89.0 Å². The van der Waals surface area contributed by atoms with E-state index in [1.165, 1.54) is 11.8 Å². The van der Waals surface area contributed by atoms with Gasteiger partial charge < -0.3 is 9.88 Å². The summed E-state index contributed by atoms with van der Waals surface area (Å²) >= 11 is 0. The number of nitrogens with one attached hydrogen (secondary N) is 1. The van der Waals surface area contributed by atoms with Gasteiger partial charge in [-0.15, -0.1) is 0 Å². The van der Waals surface area contributed by atoms with Crippen molar-refractivity contribution in [1.82, 2.24) is 9.88 Å². The lowest BCUT2D eigenvalue weighted by Gasteiger charge is -2.38. The molecule has 1 N–H and O–H groups in total. The highest BCUT2D eigenvalue weighted by Gasteiger charge is 2.19. The number of aromatic amines is 1. The number of hydrogen-bond donors (Lipinski definition) is 1. The molecule has 0 radical (unpaired) electrons. The van der Waals surface area contributed by atoms with Crippen LogP contribution >= 0.6 is 0 Å². The number of piperazine rings is 1. The van der Waals surface area contributed by atoms with Gasteiger partial charge in [-0.25, -0.2) is 4.39 Å². The summed E-state index contributed by atoms with van der Waals surface area (Å²) in [6.07, 6.45) is 0. The maximum absolute atomic E-state index is 14.3. The summed E-state index contributed by atoms with van der Waals surface area (Å²) in [5.74, 6) is -0.400. The fourth-order valence-corrected chi connectivity index (χ4v) is 4.63. The van der Waals surface area contributed by atoms with Crippen LogP contribution in [0, 0.1) is 5.82 Å². The third-order valence-electron chi connectivity index (χ3n) is 6.62. The Morgan fingerprint density at radius 2 is 1.52 bits per heavy atom. The van der Waals surface area contributed by atoms with Gasteiger partial charge >= 0.3 is 0 Å². The molecule has 1 aliphatic heterocycles. The monoisotopic (exact) mass is 441 g/mol. The molecule has 3 aromatic carbocycles. The molecule has 0 amide bonds. The predicted molar refractivity (Wildman–Crippen MR) is 134 cm³/mol. The normalized spacial score (nSPS) is 14.8. The van der Waals surface area contributed by atoms with Gasteiger partial charge in [0.05, 0.1) is 5.56 Å². The van der Waals surface area contributed by atoms with E-state index < -0.39 is 5.82 Å². The second-order valence-electron chi connectivity index (χ2n) is 8.96. The Balaban J connectivity index is 1.42. The molecule has 1 aliphatic rings. The van der Waals surface area contributed by atoms with E-state index in [0.29, 0.717) is 17.2 Å². The van der Waals surface area contributed by atoms with E-state index in [4.69, 9.17) is 0 Å². The Hall–Kier alpha value is -3.44. The zero-order chi connectivity index (χ0) is 22.9. The van der Waals surface area contributed by atoms with Crippen LogP contribution in [-0.2, 0) is 0 Å². The first-order valence-corrected chi connectivity index (χ1v) is 11.5. The van der Waals surface area contributed by atoms with E-state index in [1.807, 2.05) is 18.2 Å². The van der Waals surface area contributed by atoms with Crippen LogP contribution in [0.2, 0.25) is 0 Å². The first-order chi connectivity index (χ1) is 16.0. The second kappa shape index (κ2) is 8.83. The standard InChI is InChI=1S/C28H28FN3O/c1-19(2)31-13-15-32(16-14-31)23-10-7-20(8-11-23)21-9-12-27-22(17-21)18-25(28(33)30-27)24-5-3-4-6-26(24)29/h3-12,17-19H,13-16H2,1-2H3,(H,30,33). The molecule has 4 nitrogen and oxygen atoms in total. The smallest absolute Gasteiger partial charge is 0.256 e. The van der Waals surface area contributed by atoms with E-state index in [0.717, 1.165) is 48.2 Å². The summed E-state index contributed by atoms with van der Waals surface area (Å²) in [7, 11) is 0. The quantitative estimate of drug-likeness (QED) is 0.453. The number of anilines is 1. The van der Waals surface area contributed by atoms with Crippen molar-refractivity contribution in [2.45, 2.75) is 19.9 Å². The Morgan fingerprint density at radius 1 is 0.818 bits per heavy atom. The summed E-state index contributed by atoms with van der Waals surface area (Å²) in [6, 6.07) is 23.4. The minimum absolute atomic E-state index is 0.290. The SMILES string of the molecule is CC(C)N1CCN(c2ccc(-c3ccc4[nH]c(=O)c(-c5ccccc5F)cc4c3)cc2)CC1. The maximum Gasteiger partial charge on any atom is 0.256 e. The first-order valence-electron chi connectivity index (χ1n) is 11.5. The van der Waals surface area contributed by atoms with Crippen LogP contribution in [-0.4, -0.2) is 42.1 Å². The fraction of sp³-hybridized carbons (Fsp3) is 0.250. The van der Waals surface area contributed by atoms with E-state index in [1.54, 1.807) is 24.3 Å². The molecular formula is C28H28FN3O. The number of aromatic nitrogens is 1. The first kappa shape index (κ1) is 21.4. The summed E-state index contributed by atoms with van der Waals surface area (Å²) in [5.41, 5.74) is 4.52. The molecule has 0 bridgehead atoms. The lowest BCUT2D eigenvalue weighted by Crippen LogP contribution is -2.48. The number of H-pyrrole nitrogens is 1. The Morgan fingerprint density at radius 3 is 2.21 bits per heavy atom. The van der Waals surface area contributed by atoms with E-state index in [9.17, 15) is 9.18 Å². The van der Waals surface area contributed by atoms with Crippen molar-refractivity contribution >= 4 is 16.6 Å². The van der Waals surface area contributed by atoms with Crippen molar-refractivity contribution in [3.8, 4) is 22.3 Å². The van der Waals surface area contributed by atoms with Crippen molar-refractivity contribution in [3.63, 3.8) is 0 Å². The van der Waals surface area contributed by atoms with Gasteiger partial charge in [0.2, 0.25) is 0 Å². The van der Waals surface area contributed by atoms with Gasteiger partial charge in [-0.1, -0.05) is 36.4 Å². The van der Waals surface area contributed by atoms with Crippen LogP contribution in [0.15, 0.2) is 77.6 Å². The Labute approximate surface area is 193 Å². The molecule has 33 heavy (non-hydrogen) atoms. The molecule has 2 heterocycles. The average Bonchev–Trinajstić information content (AvgIpc) is 2.84. The number of nitrogens with zero attached hydrogens (tertiary/aromatic N) is 2. The lowest BCUT2D eigenvalue weighted by atomic mass is 10.00. The van der Waals surface area contributed by atoms with Crippen LogP contribution < -0.4 is 10.5 Å². The van der Waals surface area contributed by atoms with Crippen molar-refractivity contribution in [2.75, 3.05) is 31.1 Å². The number of benzene rings is 3. The molecule has 1 saturated heterocycles. The molecule has 1 fully saturated rings. The molecule has 4 aromatic rings. The molecule has 168 valence electrons. The Bertz CT molecular complexity index is 1340. The third-order valence-corrected chi connectivity index (χ3v) is 6.62. The molecule has 5 heteroatoms. The molecular weight excluding hydrogens is 413 g/mol. The highest BCUT2D eigenvalue weighted by molar-refractivity contribution is 5.88. The van der Waals surface area contributed by atoms with Crippen LogP contribution in [0.3, 0.4) is 0 Å². The van der Waals surface area contributed by atoms with Gasteiger partial charge in [-0.2, -0.15) is 0 Å². The number of halogens is 1. The van der Waals surface area contributed by atoms with Crippen LogP contribution in [0.1, 0.15) is 13.8 Å². The summed E-state index contributed by atoms with van der Waals surface area (Å²) in [4.78, 5) is 20.4. The Kier molecular flexibility index (Phi) is 5.73. The summed E-state index contributed by atoms with van der Waals surface area (Å²) < 4.78 is 14.3. The number of fused-ring (bicyclic) bond motifs is 1. The zero-order valence-corrected chi connectivity index (χ0v) is 19.0. The van der Waals surface area contributed by atoms with E-state index in [2.05, 4.69) is 52.9 Å². The molecule has 0 aliphatic carbocycles. The topological polar surface area (TPSA) is 39.3 Å². The fourth-order valence-electron chi connectivity index (χ4n) is 4.63. The van der Waals surface area contributed by atoms with Crippen molar-refractivity contribution < 1.29 is 4.39 Å². The highest BCUT2D eigenvalue weighted by atomic mass is 19.1. The second-order valence-corrected chi connectivity index (χ2v) is 8.96. The molecule has 1 aromatic heterocycles. The summed E-state index contributed by atoms with van der Waals surface area (Å²) in [6.45, 7) is 8.77. The molecule has 5 rings (SSSR count). The average molecular weight is 442 g/mol. The van der Waals surface area contributed by atoms with Gasteiger partial charge in [-0.05, 0) is 66.8 Å². The van der Waals surface area contributed by atoms with Crippen LogP contribution in [0.25, 0.3) is 33.2 Å². The largest absolute Gasteiger partial charge is 0.369 e. The van der Waals surface area contributed by atoms with E-state index in [-0.39, 0.29) is 5.56 Å². The number of rotatable bonds is 4. The maximum atomic E-state index is 14.3. The minimum atomic E-state index is -0.400. The van der Waals surface area contributed by atoms with Gasteiger partial charge in [-0.3, -0.25) is 9.69 Å². The number of hydrogen-bond acceptors (Lipinski definition) is 3. The minimum Gasteiger partial charge on any atom is -0.369 e. The van der Waals surface area contributed by atoms with Gasteiger partial charge in [0.1, 0.15) is 5.82 Å². The zero-order valence-electron chi connectivity index (χ0n) is 19.0. The summed E-state index contributed by atoms with van der Waals surface area (Å²) in [5, 5.41) is 0.874.